The highest BCUT2D eigenvalue weighted by atomic mass is 28.3. The van der Waals surface area contributed by atoms with Crippen LogP contribution in [0.1, 0.15) is 20.3 Å². The first-order valence-electron chi connectivity index (χ1n) is 6.72. The van der Waals surface area contributed by atoms with Crippen molar-refractivity contribution in [3.8, 4) is 0 Å². The number of allylic oxidation sites excluding steroid dienone is 2. The predicted octanol–water partition coefficient (Wildman–Crippen LogP) is 2.93. The van der Waals surface area contributed by atoms with Crippen molar-refractivity contribution in [2.24, 2.45) is 5.92 Å². The molecule has 0 aromatic carbocycles. The van der Waals surface area contributed by atoms with Crippen molar-refractivity contribution in [1.82, 2.24) is 0 Å². The maximum atomic E-state index is 11.4. The van der Waals surface area contributed by atoms with E-state index in [9.17, 15) is 9.59 Å². The van der Waals surface area contributed by atoms with Crippen LogP contribution in [0.3, 0.4) is 0 Å². The van der Waals surface area contributed by atoms with E-state index in [0.717, 1.165) is 0 Å². The van der Waals surface area contributed by atoms with Crippen LogP contribution in [0.4, 0.5) is 0 Å². The summed E-state index contributed by atoms with van der Waals surface area (Å²) in [6.07, 6.45) is 2.49. The van der Waals surface area contributed by atoms with E-state index in [0.29, 0.717) is 31.1 Å². The molecule has 0 aromatic heterocycles. The largest absolute Gasteiger partial charge is 0.376 e. The standard InChI is InChI=1S/C15H24O3Si/c1-11(16)15(12(2)17)7-6-13-8-18-9-14(13)10-19(3,4)5/h7,10,13H,6,8-9H2,1-5H3/b14-10+. The summed E-state index contributed by atoms with van der Waals surface area (Å²) in [5.41, 5.74) is 4.03. The number of rotatable bonds is 5. The number of carbonyl (C=O) groups excluding carboxylic acids is 2. The summed E-state index contributed by atoms with van der Waals surface area (Å²) in [6.45, 7) is 11.1. The van der Waals surface area contributed by atoms with Crippen LogP contribution in [0, 0.1) is 5.92 Å². The summed E-state index contributed by atoms with van der Waals surface area (Å²) >= 11 is 0. The lowest BCUT2D eigenvalue weighted by Crippen LogP contribution is -2.18. The molecule has 0 aliphatic carbocycles. The topological polar surface area (TPSA) is 43.4 Å². The Morgan fingerprint density at radius 3 is 2.32 bits per heavy atom. The molecule has 1 saturated heterocycles. The van der Waals surface area contributed by atoms with Gasteiger partial charge < -0.3 is 4.74 Å². The molecule has 0 saturated carbocycles. The van der Waals surface area contributed by atoms with Crippen LogP contribution in [0.5, 0.6) is 0 Å². The Balaban J connectivity index is 2.81. The average molecular weight is 280 g/mol. The minimum Gasteiger partial charge on any atom is -0.376 e. The Kier molecular flexibility index (Phi) is 5.44. The maximum Gasteiger partial charge on any atom is 0.163 e. The molecular weight excluding hydrogens is 256 g/mol. The number of carbonyl (C=O) groups is 2. The van der Waals surface area contributed by atoms with Crippen LogP contribution in [0.25, 0.3) is 0 Å². The molecule has 0 N–H and O–H groups in total. The van der Waals surface area contributed by atoms with E-state index >= 15 is 0 Å². The normalized spacial score (nSPS) is 21.5. The van der Waals surface area contributed by atoms with Crippen LogP contribution in [0.2, 0.25) is 19.6 Å². The first-order chi connectivity index (χ1) is 8.70. The van der Waals surface area contributed by atoms with Gasteiger partial charge in [-0.15, -0.1) is 0 Å². The van der Waals surface area contributed by atoms with Crippen LogP contribution in [0.15, 0.2) is 22.9 Å². The Morgan fingerprint density at radius 2 is 1.84 bits per heavy atom. The van der Waals surface area contributed by atoms with Gasteiger partial charge in [0.2, 0.25) is 0 Å². The fraction of sp³-hybridized carbons (Fsp3) is 0.600. The van der Waals surface area contributed by atoms with Gasteiger partial charge in [0, 0.05) is 5.92 Å². The summed E-state index contributed by atoms with van der Waals surface area (Å²) in [4.78, 5) is 22.7. The van der Waals surface area contributed by atoms with Crippen molar-refractivity contribution in [2.45, 2.75) is 39.9 Å². The van der Waals surface area contributed by atoms with Gasteiger partial charge in [-0.3, -0.25) is 9.59 Å². The molecule has 1 heterocycles. The summed E-state index contributed by atoms with van der Waals surface area (Å²) in [5.74, 6) is 0.0182. The number of hydrogen-bond donors (Lipinski definition) is 0. The minimum atomic E-state index is -1.26. The Hall–Kier alpha value is -1.00. The van der Waals surface area contributed by atoms with Crippen LogP contribution in [-0.2, 0) is 14.3 Å². The molecule has 0 spiro atoms. The predicted molar refractivity (Wildman–Crippen MR) is 79.8 cm³/mol. The third kappa shape index (κ3) is 5.24. The van der Waals surface area contributed by atoms with Gasteiger partial charge in [-0.05, 0) is 25.8 Å². The van der Waals surface area contributed by atoms with Crippen molar-refractivity contribution >= 4 is 19.6 Å². The molecule has 1 unspecified atom stereocenters. The summed E-state index contributed by atoms with van der Waals surface area (Å²) in [5, 5.41) is 0. The quantitative estimate of drug-likeness (QED) is 0.336. The second-order valence-electron chi connectivity index (χ2n) is 6.26. The molecular formula is C15H24O3Si. The monoisotopic (exact) mass is 280 g/mol. The molecule has 3 nitrogen and oxygen atoms in total. The van der Waals surface area contributed by atoms with Gasteiger partial charge in [0.25, 0.3) is 0 Å². The number of ketones is 2. The van der Waals surface area contributed by atoms with Gasteiger partial charge in [-0.1, -0.05) is 31.4 Å². The smallest absolute Gasteiger partial charge is 0.163 e. The summed E-state index contributed by atoms with van der Waals surface area (Å²) in [6, 6.07) is 0. The number of hydrogen-bond acceptors (Lipinski definition) is 3. The first-order valence-corrected chi connectivity index (χ1v) is 10.3. The third-order valence-corrected chi connectivity index (χ3v) is 4.33. The molecule has 1 atom stereocenters. The van der Waals surface area contributed by atoms with Gasteiger partial charge >= 0.3 is 0 Å². The zero-order valence-corrected chi connectivity index (χ0v) is 13.6. The van der Waals surface area contributed by atoms with Crippen molar-refractivity contribution in [1.29, 1.82) is 0 Å². The molecule has 0 radical (unpaired) electrons. The lowest BCUT2D eigenvalue weighted by atomic mass is 9.97. The van der Waals surface area contributed by atoms with E-state index in [4.69, 9.17) is 4.74 Å². The second-order valence-corrected chi connectivity index (χ2v) is 11.3. The first kappa shape index (κ1) is 16.1. The van der Waals surface area contributed by atoms with Gasteiger partial charge in [-0.25, -0.2) is 0 Å². The molecule has 1 fully saturated rings. The molecule has 1 rings (SSSR count). The molecule has 1 aliphatic heterocycles. The van der Waals surface area contributed by atoms with Crippen LogP contribution >= 0.6 is 0 Å². The molecule has 0 aromatic rings. The van der Waals surface area contributed by atoms with Crippen LogP contribution < -0.4 is 0 Å². The van der Waals surface area contributed by atoms with Crippen molar-refractivity contribution in [3.05, 3.63) is 22.9 Å². The van der Waals surface area contributed by atoms with Crippen LogP contribution in [-0.4, -0.2) is 32.9 Å². The SMILES string of the molecule is CC(=O)C(=CCC1COC/C1=C\[Si](C)(C)C)C(C)=O. The van der Waals surface area contributed by atoms with E-state index in [2.05, 4.69) is 25.3 Å². The Bertz CT molecular complexity index is 411. The molecule has 4 heteroatoms. The fourth-order valence-electron chi connectivity index (χ4n) is 2.27. The van der Waals surface area contributed by atoms with Gasteiger partial charge in [0.1, 0.15) is 0 Å². The highest BCUT2D eigenvalue weighted by molar-refractivity contribution is 6.81. The van der Waals surface area contributed by atoms with Gasteiger partial charge in [0.15, 0.2) is 11.6 Å². The van der Waals surface area contributed by atoms with Gasteiger partial charge in [-0.2, -0.15) is 0 Å². The van der Waals surface area contributed by atoms with Crippen molar-refractivity contribution < 1.29 is 14.3 Å². The van der Waals surface area contributed by atoms with Gasteiger partial charge in [0.05, 0.1) is 26.9 Å². The Labute approximate surface area is 116 Å². The average Bonchev–Trinajstić information content (AvgIpc) is 2.62. The lowest BCUT2D eigenvalue weighted by Gasteiger charge is -2.14. The summed E-state index contributed by atoms with van der Waals surface area (Å²) < 4.78 is 5.52. The van der Waals surface area contributed by atoms with Crippen molar-refractivity contribution in [2.75, 3.05) is 13.2 Å². The minimum absolute atomic E-state index is 0.151. The zero-order chi connectivity index (χ0) is 14.6. The highest BCUT2D eigenvalue weighted by Crippen LogP contribution is 2.26. The molecule has 1 aliphatic rings. The van der Waals surface area contributed by atoms with Crippen molar-refractivity contribution in [3.63, 3.8) is 0 Å². The summed E-state index contributed by atoms with van der Waals surface area (Å²) in [7, 11) is -1.26. The van der Waals surface area contributed by atoms with E-state index in [-0.39, 0.29) is 11.6 Å². The molecule has 0 bridgehead atoms. The molecule has 106 valence electrons. The highest BCUT2D eigenvalue weighted by Gasteiger charge is 2.24. The van der Waals surface area contributed by atoms with E-state index in [1.807, 2.05) is 0 Å². The zero-order valence-electron chi connectivity index (χ0n) is 12.6. The lowest BCUT2D eigenvalue weighted by molar-refractivity contribution is -0.119. The number of Topliss-reactive ketones (excluding diaryl/α,β-unsaturated/α-hetero) is 2. The maximum absolute atomic E-state index is 11.4. The molecule has 0 amide bonds. The third-order valence-electron chi connectivity index (χ3n) is 3.10. The van der Waals surface area contributed by atoms with E-state index < -0.39 is 8.07 Å². The fourth-order valence-corrected chi connectivity index (χ4v) is 3.71. The Morgan fingerprint density at radius 1 is 1.26 bits per heavy atom. The molecule has 19 heavy (non-hydrogen) atoms. The number of ether oxygens (including phenoxy) is 1. The van der Waals surface area contributed by atoms with E-state index in [1.54, 1.807) is 6.08 Å². The second kappa shape index (κ2) is 6.44. The van der Waals surface area contributed by atoms with E-state index in [1.165, 1.54) is 19.4 Å².